The van der Waals surface area contributed by atoms with Gasteiger partial charge in [0.05, 0.1) is 31.9 Å². The van der Waals surface area contributed by atoms with Crippen LogP contribution in [0.5, 0.6) is 5.75 Å². The number of nitrogens with zero attached hydrogens (tertiary/aromatic N) is 2. The van der Waals surface area contributed by atoms with Crippen LogP contribution in [0.4, 0.5) is 11.4 Å². The minimum atomic E-state index is -1.12. The summed E-state index contributed by atoms with van der Waals surface area (Å²) in [7, 11) is 2.80. The molecule has 4 rings (SSSR count). The molecule has 12 heteroatoms. The third-order valence-corrected chi connectivity index (χ3v) is 6.75. The Morgan fingerprint density at radius 3 is 2.13 bits per heavy atom. The Labute approximate surface area is 238 Å². The number of methoxy groups -OCH3 is 2. The van der Waals surface area contributed by atoms with Gasteiger partial charge in [-0.25, -0.2) is 9.80 Å². The zero-order valence-corrected chi connectivity index (χ0v) is 23.2. The van der Waals surface area contributed by atoms with E-state index in [9.17, 15) is 19.2 Å². The quantitative estimate of drug-likeness (QED) is 0.291. The standard InChI is InChI=1S/C27H23BrN4O6S/c1-37-21-13-11-20(12-14-21)31-25(35)22(15-23(33)29-19-9-5-17(6-10-19)26(36)38-2)32(27(31)39)30-24(34)16-3-7-18(28)8-4-16/h3-14,22H,15H2,1-2H3,(H,29,33)(H,30,34). The summed E-state index contributed by atoms with van der Waals surface area (Å²) in [5, 5.41) is 3.94. The second-order valence-electron chi connectivity index (χ2n) is 8.31. The molecular weight excluding hydrogens is 588 g/mol. The number of ether oxygens (including phenoxy) is 2. The van der Waals surface area contributed by atoms with Crippen molar-refractivity contribution < 1.29 is 28.7 Å². The number of halogens is 1. The smallest absolute Gasteiger partial charge is 0.337 e. The van der Waals surface area contributed by atoms with Crippen LogP contribution in [0.3, 0.4) is 0 Å². The maximum absolute atomic E-state index is 13.6. The van der Waals surface area contributed by atoms with Crippen LogP contribution >= 0.6 is 28.1 Å². The van der Waals surface area contributed by atoms with Crippen molar-refractivity contribution in [1.29, 1.82) is 0 Å². The van der Waals surface area contributed by atoms with E-state index >= 15 is 0 Å². The Hall–Kier alpha value is -4.29. The molecule has 0 saturated carbocycles. The molecule has 1 atom stereocenters. The van der Waals surface area contributed by atoms with Gasteiger partial charge in [-0.2, -0.15) is 0 Å². The molecule has 200 valence electrons. The average molecular weight is 611 g/mol. The van der Waals surface area contributed by atoms with Crippen LogP contribution in [0.2, 0.25) is 0 Å². The number of amides is 3. The Bertz CT molecular complexity index is 1410. The lowest BCUT2D eigenvalue weighted by Gasteiger charge is -2.24. The molecule has 10 nitrogen and oxygen atoms in total. The van der Waals surface area contributed by atoms with Crippen molar-refractivity contribution in [3.63, 3.8) is 0 Å². The molecule has 3 amide bonds. The number of thiocarbonyl (C=S) groups is 1. The molecule has 39 heavy (non-hydrogen) atoms. The first kappa shape index (κ1) is 27.7. The number of benzene rings is 3. The average Bonchev–Trinajstić information content (AvgIpc) is 3.17. The highest BCUT2D eigenvalue weighted by Gasteiger charge is 2.45. The number of nitrogens with one attached hydrogen (secondary N) is 2. The predicted molar refractivity (Wildman–Crippen MR) is 151 cm³/mol. The van der Waals surface area contributed by atoms with Crippen molar-refractivity contribution in [3.8, 4) is 5.75 Å². The fourth-order valence-corrected chi connectivity index (χ4v) is 4.47. The molecule has 0 bridgehead atoms. The second-order valence-corrected chi connectivity index (χ2v) is 9.59. The van der Waals surface area contributed by atoms with Gasteiger partial charge in [-0.3, -0.25) is 24.7 Å². The van der Waals surface area contributed by atoms with Crippen LogP contribution in [0.1, 0.15) is 27.1 Å². The monoisotopic (exact) mass is 610 g/mol. The number of esters is 1. The molecule has 1 aliphatic rings. The summed E-state index contributed by atoms with van der Waals surface area (Å²) in [6, 6.07) is 18.3. The Morgan fingerprint density at radius 2 is 1.54 bits per heavy atom. The Balaban J connectivity index is 1.57. The highest BCUT2D eigenvalue weighted by molar-refractivity contribution is 9.10. The zero-order chi connectivity index (χ0) is 28.1. The summed E-state index contributed by atoms with van der Waals surface area (Å²) >= 11 is 8.92. The first-order chi connectivity index (χ1) is 18.7. The normalized spacial score (nSPS) is 14.7. The highest BCUT2D eigenvalue weighted by Crippen LogP contribution is 2.28. The minimum Gasteiger partial charge on any atom is -0.497 e. The van der Waals surface area contributed by atoms with Crippen molar-refractivity contribution in [3.05, 3.63) is 88.4 Å². The molecule has 1 saturated heterocycles. The molecular formula is C27H23BrN4O6S. The first-order valence-corrected chi connectivity index (χ1v) is 12.8. The zero-order valence-electron chi connectivity index (χ0n) is 20.8. The number of carbonyl (C=O) groups excluding carboxylic acids is 4. The number of carbonyl (C=O) groups is 4. The maximum Gasteiger partial charge on any atom is 0.337 e. The largest absolute Gasteiger partial charge is 0.497 e. The molecule has 2 N–H and O–H groups in total. The van der Waals surface area contributed by atoms with Crippen LogP contribution in [-0.4, -0.2) is 54.1 Å². The molecule has 3 aromatic rings. The maximum atomic E-state index is 13.6. The van der Waals surface area contributed by atoms with Gasteiger partial charge < -0.3 is 14.8 Å². The molecule has 3 aromatic carbocycles. The third-order valence-electron chi connectivity index (χ3n) is 5.84. The van der Waals surface area contributed by atoms with Crippen molar-refractivity contribution in [2.45, 2.75) is 12.5 Å². The van der Waals surface area contributed by atoms with Crippen molar-refractivity contribution in [2.24, 2.45) is 0 Å². The number of hydrogen-bond donors (Lipinski definition) is 2. The van der Waals surface area contributed by atoms with Gasteiger partial charge in [0.15, 0.2) is 0 Å². The topological polar surface area (TPSA) is 117 Å². The number of rotatable bonds is 8. The summed E-state index contributed by atoms with van der Waals surface area (Å²) in [5.41, 5.74) is 4.21. The molecule has 1 fully saturated rings. The van der Waals surface area contributed by atoms with E-state index in [1.54, 1.807) is 60.7 Å². The molecule has 1 heterocycles. The van der Waals surface area contributed by atoms with E-state index in [0.29, 0.717) is 28.3 Å². The van der Waals surface area contributed by atoms with Crippen molar-refractivity contribution >= 4 is 68.3 Å². The fourth-order valence-electron chi connectivity index (χ4n) is 3.84. The van der Waals surface area contributed by atoms with Gasteiger partial charge >= 0.3 is 5.97 Å². The van der Waals surface area contributed by atoms with Crippen LogP contribution in [-0.2, 0) is 14.3 Å². The summed E-state index contributed by atoms with van der Waals surface area (Å²) in [5.74, 6) is -1.41. The first-order valence-electron chi connectivity index (χ1n) is 11.6. The van der Waals surface area contributed by atoms with E-state index in [-0.39, 0.29) is 11.5 Å². The predicted octanol–water partition coefficient (Wildman–Crippen LogP) is 3.92. The van der Waals surface area contributed by atoms with Crippen molar-refractivity contribution in [2.75, 3.05) is 24.4 Å². The third kappa shape index (κ3) is 6.24. The van der Waals surface area contributed by atoms with Gasteiger partial charge in [0.2, 0.25) is 11.0 Å². The molecule has 0 spiro atoms. The molecule has 0 aromatic heterocycles. The van der Waals surface area contributed by atoms with E-state index in [4.69, 9.17) is 17.0 Å². The lowest BCUT2D eigenvalue weighted by molar-refractivity contribution is -0.124. The van der Waals surface area contributed by atoms with Crippen molar-refractivity contribution in [1.82, 2.24) is 10.4 Å². The summed E-state index contributed by atoms with van der Waals surface area (Å²) < 4.78 is 10.7. The van der Waals surface area contributed by atoms with E-state index in [1.807, 2.05) is 0 Å². The Kier molecular flexibility index (Phi) is 8.57. The lowest BCUT2D eigenvalue weighted by atomic mass is 10.1. The fraction of sp³-hybridized carbons (Fsp3) is 0.148. The Morgan fingerprint density at radius 1 is 0.923 bits per heavy atom. The molecule has 0 aliphatic carbocycles. The van der Waals surface area contributed by atoms with E-state index in [2.05, 4.69) is 31.4 Å². The second kappa shape index (κ2) is 12.0. The lowest BCUT2D eigenvalue weighted by Crippen LogP contribution is -2.49. The van der Waals surface area contributed by atoms with Gasteiger partial charge in [0.25, 0.3) is 11.8 Å². The number of hydrogen-bond acceptors (Lipinski definition) is 7. The summed E-state index contributed by atoms with van der Waals surface area (Å²) in [4.78, 5) is 52.5. The van der Waals surface area contributed by atoms with E-state index in [1.165, 1.54) is 36.3 Å². The number of hydrazine groups is 1. The SMILES string of the molecule is COC(=O)c1ccc(NC(=O)CC2C(=O)N(c3ccc(OC)cc3)C(=S)N2NC(=O)c2ccc(Br)cc2)cc1. The van der Waals surface area contributed by atoms with E-state index < -0.39 is 29.7 Å². The number of anilines is 2. The summed E-state index contributed by atoms with van der Waals surface area (Å²) in [6.07, 6.45) is -0.314. The van der Waals surface area contributed by atoms with Gasteiger partial charge in [-0.1, -0.05) is 15.9 Å². The highest BCUT2D eigenvalue weighted by atomic mass is 79.9. The van der Waals surface area contributed by atoms with Gasteiger partial charge in [0, 0.05) is 15.7 Å². The molecule has 1 unspecified atom stereocenters. The van der Waals surface area contributed by atoms with Crippen LogP contribution in [0.25, 0.3) is 0 Å². The van der Waals surface area contributed by atoms with Gasteiger partial charge in [-0.05, 0) is 85.0 Å². The minimum absolute atomic E-state index is 0.0101. The summed E-state index contributed by atoms with van der Waals surface area (Å²) in [6.45, 7) is 0. The molecule has 0 radical (unpaired) electrons. The molecule has 1 aliphatic heterocycles. The van der Waals surface area contributed by atoms with Crippen LogP contribution in [0, 0.1) is 0 Å². The van der Waals surface area contributed by atoms with Crippen LogP contribution < -0.4 is 20.4 Å². The van der Waals surface area contributed by atoms with E-state index in [0.717, 1.165) is 4.47 Å². The van der Waals surface area contributed by atoms with Gasteiger partial charge in [0.1, 0.15) is 11.8 Å². The van der Waals surface area contributed by atoms with Gasteiger partial charge in [-0.15, -0.1) is 0 Å². The van der Waals surface area contributed by atoms with Crippen LogP contribution in [0.15, 0.2) is 77.3 Å².